The van der Waals surface area contributed by atoms with Crippen LogP contribution >= 0.6 is 11.6 Å². The Morgan fingerprint density at radius 3 is 2.86 bits per heavy atom. The molecule has 0 amide bonds. The van der Waals surface area contributed by atoms with Crippen molar-refractivity contribution in [3.05, 3.63) is 22.7 Å². The average molecular weight is 308 g/mol. The second-order valence-electron chi connectivity index (χ2n) is 4.95. The van der Waals surface area contributed by atoms with Crippen LogP contribution in [0.5, 0.6) is 0 Å². The Hall–Kier alpha value is -1.93. The maximum atomic E-state index is 12.2. The number of halogens is 1. The summed E-state index contributed by atoms with van der Waals surface area (Å²) < 4.78 is 5.09. The van der Waals surface area contributed by atoms with Crippen molar-refractivity contribution in [2.24, 2.45) is 0 Å². The van der Waals surface area contributed by atoms with Crippen molar-refractivity contribution >= 4 is 28.9 Å². The maximum Gasteiger partial charge on any atom is 0.340 e. The van der Waals surface area contributed by atoms with Gasteiger partial charge in [0, 0.05) is 18.3 Å². The number of carbonyl (C=O) groups excluding carboxylic acids is 1. The van der Waals surface area contributed by atoms with E-state index in [0.29, 0.717) is 41.0 Å². The van der Waals surface area contributed by atoms with Gasteiger partial charge >= 0.3 is 5.97 Å². The predicted molar refractivity (Wildman–Crippen MR) is 82.4 cm³/mol. The summed E-state index contributed by atoms with van der Waals surface area (Å²) in [4.78, 5) is 14.2. The van der Waals surface area contributed by atoms with E-state index in [4.69, 9.17) is 27.3 Å². The lowest BCUT2D eigenvalue weighted by Crippen LogP contribution is -2.29. The zero-order valence-corrected chi connectivity index (χ0v) is 12.7. The highest BCUT2D eigenvalue weighted by Gasteiger charge is 2.33. The molecule has 0 spiro atoms. The number of nitrogens with zero attached hydrogens (tertiary/aromatic N) is 2. The molecule has 1 aliphatic rings. The van der Waals surface area contributed by atoms with Crippen molar-refractivity contribution in [1.82, 2.24) is 0 Å². The Bertz CT molecular complexity index is 579. The molecule has 1 aromatic rings. The molecule has 0 aromatic heterocycles. The van der Waals surface area contributed by atoms with Gasteiger partial charge in [0.15, 0.2) is 0 Å². The summed E-state index contributed by atoms with van der Waals surface area (Å²) in [7, 11) is 0. The molecule has 21 heavy (non-hydrogen) atoms. The molecule has 0 atom stereocenters. The van der Waals surface area contributed by atoms with E-state index >= 15 is 0 Å². The van der Waals surface area contributed by atoms with Crippen molar-refractivity contribution in [3.63, 3.8) is 0 Å². The van der Waals surface area contributed by atoms with Crippen LogP contribution in [0.3, 0.4) is 0 Å². The van der Waals surface area contributed by atoms with E-state index < -0.39 is 5.97 Å². The van der Waals surface area contributed by atoms with E-state index in [1.165, 1.54) is 0 Å². The average Bonchev–Trinajstić information content (AvgIpc) is 3.25. The molecule has 2 rings (SSSR count). The molecular weight excluding hydrogens is 290 g/mol. The van der Waals surface area contributed by atoms with Crippen molar-refractivity contribution in [2.45, 2.75) is 32.2 Å². The quantitative estimate of drug-likeness (QED) is 0.645. The fraction of sp³-hybridized carbons (Fsp3) is 0.467. The van der Waals surface area contributed by atoms with Crippen LogP contribution in [0.1, 0.15) is 36.5 Å². The van der Waals surface area contributed by atoms with Crippen molar-refractivity contribution < 1.29 is 9.53 Å². The van der Waals surface area contributed by atoms with Crippen LogP contribution in [0.15, 0.2) is 12.1 Å². The summed E-state index contributed by atoms with van der Waals surface area (Å²) in [6, 6.07) is 5.67. The van der Waals surface area contributed by atoms with E-state index in [0.717, 1.165) is 12.8 Å². The molecule has 1 aromatic carbocycles. The zero-order chi connectivity index (χ0) is 15.4. The molecular formula is C15H18ClN3O2. The lowest BCUT2D eigenvalue weighted by Gasteiger charge is -2.27. The van der Waals surface area contributed by atoms with Gasteiger partial charge < -0.3 is 15.4 Å². The fourth-order valence-electron chi connectivity index (χ4n) is 2.31. The van der Waals surface area contributed by atoms with Gasteiger partial charge in [-0.15, -0.1) is 0 Å². The second-order valence-corrected chi connectivity index (χ2v) is 5.36. The second kappa shape index (κ2) is 6.68. The Morgan fingerprint density at radius 2 is 2.29 bits per heavy atom. The molecule has 0 radical (unpaired) electrons. The number of nitrogen functional groups attached to an aromatic ring is 1. The van der Waals surface area contributed by atoms with Gasteiger partial charge in [0.1, 0.15) is 0 Å². The van der Waals surface area contributed by atoms with Crippen LogP contribution in [-0.4, -0.2) is 25.2 Å². The molecule has 2 N–H and O–H groups in total. The highest BCUT2D eigenvalue weighted by atomic mass is 35.5. The van der Waals surface area contributed by atoms with Crippen LogP contribution in [0.25, 0.3) is 0 Å². The minimum Gasteiger partial charge on any atom is -0.462 e. The van der Waals surface area contributed by atoms with Gasteiger partial charge in [0.25, 0.3) is 0 Å². The van der Waals surface area contributed by atoms with E-state index in [-0.39, 0.29) is 6.61 Å². The molecule has 6 heteroatoms. The van der Waals surface area contributed by atoms with Gasteiger partial charge in [-0.25, -0.2) is 4.79 Å². The van der Waals surface area contributed by atoms with Gasteiger partial charge in [-0.05, 0) is 31.9 Å². The molecule has 1 aliphatic carbocycles. The first-order valence-corrected chi connectivity index (χ1v) is 7.36. The van der Waals surface area contributed by atoms with Gasteiger partial charge in [-0.3, -0.25) is 0 Å². The van der Waals surface area contributed by atoms with Crippen LogP contribution in [0, 0.1) is 11.3 Å². The van der Waals surface area contributed by atoms with E-state index in [1.54, 1.807) is 19.1 Å². The number of nitrogens with two attached hydrogens (primary N) is 1. The van der Waals surface area contributed by atoms with Crippen molar-refractivity contribution in [3.8, 4) is 6.07 Å². The van der Waals surface area contributed by atoms with Crippen molar-refractivity contribution in [2.75, 3.05) is 23.8 Å². The number of hydrogen-bond acceptors (Lipinski definition) is 5. The Morgan fingerprint density at radius 1 is 1.57 bits per heavy atom. The van der Waals surface area contributed by atoms with E-state index in [1.807, 2.05) is 4.90 Å². The molecule has 112 valence electrons. The summed E-state index contributed by atoms with van der Waals surface area (Å²) >= 11 is 6.31. The normalized spacial score (nSPS) is 13.6. The number of rotatable bonds is 6. The third kappa shape index (κ3) is 3.59. The third-order valence-corrected chi connectivity index (χ3v) is 3.61. The maximum absolute atomic E-state index is 12.2. The first-order valence-electron chi connectivity index (χ1n) is 6.98. The molecule has 0 bridgehead atoms. The molecule has 0 saturated heterocycles. The number of benzene rings is 1. The highest BCUT2D eigenvalue weighted by molar-refractivity contribution is 6.34. The van der Waals surface area contributed by atoms with Gasteiger partial charge in [0.2, 0.25) is 0 Å². The van der Waals surface area contributed by atoms with Crippen molar-refractivity contribution in [1.29, 1.82) is 5.26 Å². The summed E-state index contributed by atoms with van der Waals surface area (Å²) in [5.74, 6) is -0.440. The topological polar surface area (TPSA) is 79.3 Å². The monoisotopic (exact) mass is 307 g/mol. The number of ether oxygens (including phenoxy) is 1. The van der Waals surface area contributed by atoms with Crippen LogP contribution in [0.2, 0.25) is 5.02 Å². The lowest BCUT2D eigenvalue weighted by atomic mass is 10.1. The lowest BCUT2D eigenvalue weighted by molar-refractivity contribution is 0.0527. The number of nitriles is 1. The first kappa shape index (κ1) is 15.5. The predicted octanol–water partition coefficient (Wildman–Crippen LogP) is 2.98. The third-order valence-electron chi connectivity index (χ3n) is 3.32. The smallest absolute Gasteiger partial charge is 0.340 e. The Labute approximate surface area is 129 Å². The molecule has 5 nitrogen and oxygen atoms in total. The Balaban J connectivity index is 2.44. The number of anilines is 2. The largest absolute Gasteiger partial charge is 0.462 e. The first-order chi connectivity index (χ1) is 10.1. The summed E-state index contributed by atoms with van der Waals surface area (Å²) in [6.45, 7) is 2.57. The van der Waals surface area contributed by atoms with E-state index in [2.05, 4.69) is 6.07 Å². The van der Waals surface area contributed by atoms with Gasteiger partial charge in [-0.2, -0.15) is 5.26 Å². The zero-order valence-electron chi connectivity index (χ0n) is 11.9. The Kier molecular flexibility index (Phi) is 4.92. The SMILES string of the molecule is CCOC(=O)c1cc(N)cc(Cl)c1N(CCC#N)C1CC1. The van der Waals surface area contributed by atoms with Crippen LogP contribution in [0.4, 0.5) is 11.4 Å². The fourth-order valence-corrected chi connectivity index (χ4v) is 2.65. The van der Waals surface area contributed by atoms with Gasteiger partial charge in [0.05, 0.1) is 35.4 Å². The molecule has 0 aliphatic heterocycles. The molecule has 1 saturated carbocycles. The minimum atomic E-state index is -0.440. The van der Waals surface area contributed by atoms with E-state index in [9.17, 15) is 4.79 Å². The van der Waals surface area contributed by atoms with Crippen LogP contribution in [-0.2, 0) is 4.74 Å². The number of hydrogen-bond donors (Lipinski definition) is 1. The summed E-state index contributed by atoms with van der Waals surface area (Å²) in [5, 5.41) is 9.24. The molecule has 0 heterocycles. The number of esters is 1. The summed E-state index contributed by atoms with van der Waals surface area (Å²) in [6.07, 6.45) is 2.45. The molecule has 0 unspecified atom stereocenters. The summed E-state index contributed by atoms with van der Waals surface area (Å²) in [5.41, 5.74) is 7.20. The highest BCUT2D eigenvalue weighted by Crippen LogP contribution is 2.39. The van der Waals surface area contributed by atoms with Crippen LogP contribution < -0.4 is 10.6 Å². The molecule has 1 fully saturated rings. The minimum absolute atomic E-state index is 0.284. The standard InChI is InChI=1S/C15H18ClN3O2/c1-2-21-15(20)12-8-10(18)9-13(16)14(12)19(7-3-6-17)11-4-5-11/h8-9,11H,2-5,7,18H2,1H3. The van der Waals surface area contributed by atoms with Gasteiger partial charge in [-0.1, -0.05) is 11.6 Å². The number of carbonyl (C=O) groups is 1.